The van der Waals surface area contributed by atoms with E-state index in [4.69, 9.17) is 4.74 Å². The van der Waals surface area contributed by atoms with Gasteiger partial charge in [-0.15, -0.1) is 0 Å². The van der Waals surface area contributed by atoms with Crippen molar-refractivity contribution >= 4 is 16.9 Å². The van der Waals surface area contributed by atoms with Crippen molar-refractivity contribution in [2.75, 3.05) is 6.61 Å². The van der Waals surface area contributed by atoms with Gasteiger partial charge >= 0.3 is 5.97 Å². The van der Waals surface area contributed by atoms with Crippen LogP contribution in [0.4, 0.5) is 4.39 Å². The van der Waals surface area contributed by atoms with E-state index in [0.29, 0.717) is 24.1 Å². The molecule has 7 heteroatoms. The molecule has 1 N–H and O–H groups in total. The summed E-state index contributed by atoms with van der Waals surface area (Å²) in [7, 11) is 0. The Morgan fingerprint density at radius 1 is 1.29 bits per heavy atom. The Labute approximate surface area is 160 Å². The molecule has 0 amide bonds. The van der Waals surface area contributed by atoms with Crippen molar-refractivity contribution < 1.29 is 19.0 Å². The first-order valence-electron chi connectivity index (χ1n) is 9.01. The number of aromatic nitrogens is 2. The van der Waals surface area contributed by atoms with Crippen molar-refractivity contribution in [3.05, 3.63) is 57.4 Å². The normalized spacial score (nSPS) is 15.9. The predicted octanol–water partition coefficient (Wildman–Crippen LogP) is 3.86. The summed E-state index contributed by atoms with van der Waals surface area (Å²) < 4.78 is 22.9. The second-order valence-corrected chi connectivity index (χ2v) is 7.17. The van der Waals surface area contributed by atoms with E-state index in [-0.39, 0.29) is 28.3 Å². The molecule has 0 radical (unpaired) electrons. The first-order valence-corrected chi connectivity index (χ1v) is 9.01. The van der Waals surface area contributed by atoms with E-state index in [0.717, 1.165) is 17.5 Å². The van der Waals surface area contributed by atoms with Crippen LogP contribution in [0.25, 0.3) is 22.0 Å². The number of ether oxygens (including phenoxy) is 1. The Bertz CT molecular complexity index is 1180. The van der Waals surface area contributed by atoms with Gasteiger partial charge < -0.3 is 14.4 Å². The van der Waals surface area contributed by atoms with E-state index in [1.807, 2.05) is 20.8 Å². The van der Waals surface area contributed by atoms with Crippen LogP contribution in [0, 0.1) is 19.7 Å². The fourth-order valence-electron chi connectivity index (χ4n) is 3.81. The zero-order valence-corrected chi connectivity index (χ0v) is 15.7. The maximum absolute atomic E-state index is 15.2. The maximum Gasteiger partial charge on any atom is 0.341 e. The van der Waals surface area contributed by atoms with Gasteiger partial charge in [-0.1, -0.05) is 0 Å². The lowest BCUT2D eigenvalue weighted by Gasteiger charge is -2.19. The van der Waals surface area contributed by atoms with Gasteiger partial charge in [0.05, 0.1) is 23.1 Å². The van der Waals surface area contributed by atoms with E-state index in [9.17, 15) is 14.7 Å². The molecule has 0 saturated carbocycles. The molecule has 3 aromatic rings. The summed E-state index contributed by atoms with van der Waals surface area (Å²) in [6, 6.07) is 4.53. The van der Waals surface area contributed by atoms with E-state index in [2.05, 4.69) is 4.98 Å². The Hall–Kier alpha value is -3.22. The molecule has 1 aliphatic rings. The lowest BCUT2D eigenvalue weighted by atomic mass is 9.99. The highest BCUT2D eigenvalue weighted by atomic mass is 19.1. The molecular weight excluding hydrogens is 363 g/mol. The average Bonchev–Trinajstić information content (AvgIpc) is 2.76. The minimum atomic E-state index is -1.33. The highest BCUT2D eigenvalue weighted by Gasteiger charge is 2.27. The smallest absolute Gasteiger partial charge is 0.341 e. The number of carbonyl (C=O) groups is 1. The lowest BCUT2D eigenvalue weighted by molar-refractivity contribution is 0.0694. The summed E-state index contributed by atoms with van der Waals surface area (Å²) in [4.78, 5) is 28.6. The molecule has 0 unspecified atom stereocenters. The molecule has 1 aliphatic heterocycles. The van der Waals surface area contributed by atoms with Crippen molar-refractivity contribution in [3.8, 4) is 16.9 Å². The summed E-state index contributed by atoms with van der Waals surface area (Å²) in [5, 5.41) is 9.41. The van der Waals surface area contributed by atoms with Gasteiger partial charge in [0.25, 0.3) is 0 Å². The topological polar surface area (TPSA) is 81.4 Å². The molecule has 0 bridgehead atoms. The zero-order valence-electron chi connectivity index (χ0n) is 15.7. The molecule has 0 fully saturated rings. The van der Waals surface area contributed by atoms with Crippen LogP contribution in [-0.2, 0) is 0 Å². The number of rotatable bonds is 2. The van der Waals surface area contributed by atoms with Crippen LogP contribution < -0.4 is 10.2 Å². The highest BCUT2D eigenvalue weighted by molar-refractivity contribution is 5.98. The number of pyridine rings is 2. The number of hydrogen-bond acceptors (Lipinski definition) is 4. The number of aryl methyl sites for hydroxylation is 2. The minimum absolute atomic E-state index is 0.00685. The number of halogens is 1. The van der Waals surface area contributed by atoms with Crippen molar-refractivity contribution in [1.29, 1.82) is 0 Å². The van der Waals surface area contributed by atoms with Crippen LogP contribution in [0.5, 0.6) is 5.75 Å². The van der Waals surface area contributed by atoms with Gasteiger partial charge in [0.1, 0.15) is 11.4 Å². The van der Waals surface area contributed by atoms with E-state index < -0.39 is 17.2 Å². The van der Waals surface area contributed by atoms with Crippen LogP contribution in [0.3, 0.4) is 0 Å². The first-order chi connectivity index (χ1) is 13.3. The van der Waals surface area contributed by atoms with Crippen molar-refractivity contribution in [1.82, 2.24) is 9.55 Å². The van der Waals surface area contributed by atoms with E-state index >= 15 is 4.39 Å². The van der Waals surface area contributed by atoms with Crippen LogP contribution in [0.2, 0.25) is 0 Å². The molecule has 6 nitrogen and oxygen atoms in total. The molecular formula is C21H19FN2O4. The molecule has 1 atom stereocenters. The molecule has 1 aromatic carbocycles. The van der Waals surface area contributed by atoms with E-state index in [1.165, 1.54) is 6.20 Å². The molecule has 28 heavy (non-hydrogen) atoms. The number of aromatic carboxylic acids is 1. The van der Waals surface area contributed by atoms with Gasteiger partial charge in [-0.05, 0) is 44.5 Å². The number of benzene rings is 1. The van der Waals surface area contributed by atoms with Gasteiger partial charge in [0, 0.05) is 30.0 Å². The molecule has 3 heterocycles. The van der Waals surface area contributed by atoms with Crippen LogP contribution in [-0.4, -0.2) is 27.2 Å². The Balaban J connectivity index is 2.18. The third-order valence-electron chi connectivity index (χ3n) is 5.08. The van der Waals surface area contributed by atoms with Gasteiger partial charge in [0.2, 0.25) is 5.43 Å². The molecule has 2 aromatic heterocycles. The van der Waals surface area contributed by atoms with Crippen LogP contribution in [0.15, 0.2) is 29.2 Å². The van der Waals surface area contributed by atoms with Crippen LogP contribution in [0.1, 0.15) is 41.1 Å². The number of carboxylic acids is 1. The van der Waals surface area contributed by atoms with Gasteiger partial charge in [-0.3, -0.25) is 9.78 Å². The zero-order chi connectivity index (χ0) is 20.2. The fourth-order valence-corrected chi connectivity index (χ4v) is 3.81. The number of nitrogens with zero attached hydrogens (tertiary/aromatic N) is 2. The molecule has 4 rings (SSSR count). The predicted molar refractivity (Wildman–Crippen MR) is 103 cm³/mol. The number of hydrogen-bond donors (Lipinski definition) is 1. The molecule has 144 valence electrons. The van der Waals surface area contributed by atoms with Crippen molar-refractivity contribution in [2.45, 2.75) is 33.2 Å². The summed E-state index contributed by atoms with van der Waals surface area (Å²) in [6.07, 6.45) is 1.93. The average molecular weight is 382 g/mol. The molecule has 0 aliphatic carbocycles. The van der Waals surface area contributed by atoms with E-state index in [1.54, 1.807) is 16.7 Å². The fraction of sp³-hybridized carbons (Fsp3) is 0.286. The summed E-state index contributed by atoms with van der Waals surface area (Å²) in [5.41, 5.74) is 1.66. The Morgan fingerprint density at radius 3 is 2.61 bits per heavy atom. The summed E-state index contributed by atoms with van der Waals surface area (Å²) >= 11 is 0. The number of carboxylic acid groups (broad SMARTS) is 1. The third kappa shape index (κ3) is 2.74. The third-order valence-corrected chi connectivity index (χ3v) is 5.08. The lowest BCUT2D eigenvalue weighted by Crippen LogP contribution is -2.20. The highest BCUT2D eigenvalue weighted by Crippen LogP contribution is 2.41. The van der Waals surface area contributed by atoms with Crippen molar-refractivity contribution in [3.63, 3.8) is 0 Å². The monoisotopic (exact) mass is 382 g/mol. The Kier molecular flexibility index (Phi) is 4.18. The van der Waals surface area contributed by atoms with Gasteiger partial charge in [-0.25, -0.2) is 9.18 Å². The summed E-state index contributed by atoms with van der Waals surface area (Å²) in [5.74, 6) is -1.70. The second-order valence-electron chi connectivity index (χ2n) is 7.17. The first kappa shape index (κ1) is 18.2. The SMILES string of the molecule is Cc1cc(-c2c(F)cc3c(=O)c(C(=O)O)cn4c3c2OCC[C@@H]4C)cc(C)n1. The summed E-state index contributed by atoms with van der Waals surface area (Å²) in [6.45, 7) is 5.89. The maximum atomic E-state index is 15.2. The molecule has 0 saturated heterocycles. The second kappa shape index (κ2) is 6.44. The molecule has 0 spiro atoms. The quantitative estimate of drug-likeness (QED) is 0.728. The Morgan fingerprint density at radius 2 is 1.96 bits per heavy atom. The standard InChI is InChI=1S/C21H19FN2O4/c1-10-6-13(7-11(2)23-10)17-16(22)8-14-18-20(17)28-5-4-12(3)24(18)9-15(19(14)25)21(26)27/h6-9,12H,4-5H2,1-3H3,(H,26,27)/t12-/m0/s1. The van der Waals surface area contributed by atoms with Crippen LogP contribution >= 0.6 is 0 Å². The largest absolute Gasteiger partial charge is 0.491 e. The van der Waals surface area contributed by atoms with Gasteiger partial charge in [0.15, 0.2) is 5.75 Å². The van der Waals surface area contributed by atoms with Crippen molar-refractivity contribution in [2.24, 2.45) is 0 Å². The van der Waals surface area contributed by atoms with Gasteiger partial charge in [-0.2, -0.15) is 0 Å². The minimum Gasteiger partial charge on any atom is -0.491 e.